The van der Waals surface area contributed by atoms with Gasteiger partial charge in [-0.1, -0.05) is 30.3 Å². The van der Waals surface area contributed by atoms with Gasteiger partial charge in [0.25, 0.3) is 17.5 Å². The summed E-state index contributed by atoms with van der Waals surface area (Å²) in [5, 5.41) is 16.3. The van der Waals surface area contributed by atoms with Crippen molar-refractivity contribution >= 4 is 34.8 Å². The molecular weight excluding hydrogens is 442 g/mol. The van der Waals surface area contributed by atoms with E-state index in [2.05, 4.69) is 10.6 Å². The molecule has 0 fully saturated rings. The molecule has 3 aromatic carbocycles. The summed E-state index contributed by atoms with van der Waals surface area (Å²) in [6, 6.07) is 18.9. The minimum Gasteiger partial charge on any atom is -0.495 e. The van der Waals surface area contributed by atoms with Crippen LogP contribution in [0.2, 0.25) is 0 Å². The van der Waals surface area contributed by atoms with E-state index >= 15 is 0 Å². The first kappa shape index (κ1) is 23.9. The number of esters is 1. The van der Waals surface area contributed by atoms with Crippen molar-refractivity contribution in [3.63, 3.8) is 0 Å². The van der Waals surface area contributed by atoms with Gasteiger partial charge in [0.2, 0.25) is 0 Å². The number of amides is 2. The molecule has 0 spiro atoms. The van der Waals surface area contributed by atoms with Gasteiger partial charge in [-0.25, -0.2) is 0 Å². The summed E-state index contributed by atoms with van der Waals surface area (Å²) in [7, 11) is 1.51. The maximum absolute atomic E-state index is 12.5. The predicted molar refractivity (Wildman–Crippen MR) is 124 cm³/mol. The van der Waals surface area contributed by atoms with Crippen LogP contribution in [-0.4, -0.2) is 36.4 Å². The van der Waals surface area contributed by atoms with Gasteiger partial charge in [-0.15, -0.1) is 0 Å². The highest BCUT2D eigenvalue weighted by Crippen LogP contribution is 2.24. The van der Waals surface area contributed by atoms with Gasteiger partial charge in [0.15, 0.2) is 6.61 Å². The second-order valence-corrected chi connectivity index (χ2v) is 7.00. The molecule has 2 amide bonds. The first-order valence-corrected chi connectivity index (χ1v) is 10.1. The van der Waals surface area contributed by atoms with Crippen molar-refractivity contribution in [1.29, 1.82) is 0 Å². The highest BCUT2D eigenvalue weighted by Gasteiger charge is 2.17. The molecule has 2 N–H and O–H groups in total. The van der Waals surface area contributed by atoms with Crippen molar-refractivity contribution in [2.75, 3.05) is 24.4 Å². The van der Waals surface area contributed by atoms with E-state index in [1.54, 1.807) is 30.3 Å². The number of nitrogens with zero attached hydrogens (tertiary/aromatic N) is 1. The molecule has 10 heteroatoms. The first-order chi connectivity index (χ1) is 16.4. The molecule has 3 rings (SSSR count). The van der Waals surface area contributed by atoms with Crippen LogP contribution in [0.5, 0.6) is 5.75 Å². The van der Waals surface area contributed by atoms with Crippen LogP contribution in [0.15, 0.2) is 72.8 Å². The van der Waals surface area contributed by atoms with Gasteiger partial charge in [-0.05, 0) is 36.4 Å². The van der Waals surface area contributed by atoms with Crippen LogP contribution < -0.4 is 15.4 Å². The van der Waals surface area contributed by atoms with Crippen LogP contribution in [0.25, 0.3) is 0 Å². The average Bonchev–Trinajstić information content (AvgIpc) is 2.83. The number of hydrogen-bond acceptors (Lipinski definition) is 7. The van der Waals surface area contributed by atoms with E-state index in [1.165, 1.54) is 49.6 Å². The summed E-state index contributed by atoms with van der Waals surface area (Å²) >= 11 is 0. The Hall–Kier alpha value is -4.73. The molecule has 0 radical (unpaired) electrons. The third-order valence-corrected chi connectivity index (χ3v) is 4.67. The van der Waals surface area contributed by atoms with Crippen molar-refractivity contribution in [2.24, 2.45) is 0 Å². The second kappa shape index (κ2) is 11.2. The summed E-state index contributed by atoms with van der Waals surface area (Å²) in [4.78, 5) is 47.0. The van der Waals surface area contributed by atoms with Crippen LogP contribution in [0.1, 0.15) is 15.9 Å². The molecule has 3 aromatic rings. The molecule has 0 aliphatic heterocycles. The number of carbonyl (C=O) groups excluding carboxylic acids is 3. The van der Waals surface area contributed by atoms with Crippen molar-refractivity contribution in [1.82, 2.24) is 0 Å². The zero-order valence-corrected chi connectivity index (χ0v) is 18.1. The van der Waals surface area contributed by atoms with Crippen molar-refractivity contribution in [2.45, 2.75) is 6.42 Å². The number of ether oxygens (including phenoxy) is 2. The molecule has 0 aliphatic carbocycles. The van der Waals surface area contributed by atoms with Crippen LogP contribution in [0.3, 0.4) is 0 Å². The quantitative estimate of drug-likeness (QED) is 0.281. The number of methoxy groups -OCH3 is 1. The maximum Gasteiger partial charge on any atom is 0.311 e. The Kier molecular flexibility index (Phi) is 7.90. The molecule has 0 atom stereocenters. The summed E-state index contributed by atoms with van der Waals surface area (Å²) in [6.07, 6.45) is -0.333. The Bertz CT molecular complexity index is 1210. The van der Waals surface area contributed by atoms with Gasteiger partial charge in [0, 0.05) is 22.9 Å². The molecule has 0 aliphatic rings. The fraction of sp³-hybridized carbons (Fsp3) is 0.125. The Morgan fingerprint density at radius 2 is 1.59 bits per heavy atom. The van der Waals surface area contributed by atoms with E-state index in [0.717, 1.165) is 0 Å². The van der Waals surface area contributed by atoms with Crippen LogP contribution in [0, 0.1) is 10.1 Å². The van der Waals surface area contributed by atoms with Crippen molar-refractivity contribution in [3.8, 4) is 5.75 Å². The van der Waals surface area contributed by atoms with Crippen LogP contribution >= 0.6 is 0 Å². The molecule has 174 valence electrons. The van der Waals surface area contributed by atoms with E-state index < -0.39 is 23.4 Å². The molecule has 0 saturated heterocycles. The number of nitrogens with one attached hydrogen (secondary N) is 2. The highest BCUT2D eigenvalue weighted by molar-refractivity contribution is 6.05. The minimum absolute atomic E-state index is 0.194. The lowest BCUT2D eigenvalue weighted by Crippen LogP contribution is -2.22. The molecule has 0 heterocycles. The number of para-hydroxylation sites is 3. The van der Waals surface area contributed by atoms with E-state index in [-0.39, 0.29) is 23.6 Å². The number of carbonyl (C=O) groups is 3. The monoisotopic (exact) mass is 463 g/mol. The summed E-state index contributed by atoms with van der Waals surface area (Å²) in [5.41, 5.74) is 1.28. The average molecular weight is 463 g/mol. The smallest absolute Gasteiger partial charge is 0.311 e. The van der Waals surface area contributed by atoms with Gasteiger partial charge < -0.3 is 20.1 Å². The van der Waals surface area contributed by atoms with Gasteiger partial charge in [0.1, 0.15) is 5.75 Å². The predicted octanol–water partition coefficient (Wildman–Crippen LogP) is 3.58. The zero-order valence-electron chi connectivity index (χ0n) is 18.1. The highest BCUT2D eigenvalue weighted by atomic mass is 16.6. The number of nitro benzene ring substituents is 1. The third kappa shape index (κ3) is 6.39. The fourth-order valence-electron chi connectivity index (χ4n) is 3.04. The number of rotatable bonds is 9. The lowest BCUT2D eigenvalue weighted by Gasteiger charge is -2.10. The number of benzene rings is 3. The van der Waals surface area contributed by atoms with E-state index in [1.807, 2.05) is 0 Å². The summed E-state index contributed by atoms with van der Waals surface area (Å²) in [6.45, 7) is -0.560. The fourth-order valence-corrected chi connectivity index (χ4v) is 3.04. The lowest BCUT2D eigenvalue weighted by molar-refractivity contribution is -0.385. The molecule has 10 nitrogen and oxygen atoms in total. The normalized spacial score (nSPS) is 10.1. The van der Waals surface area contributed by atoms with Crippen LogP contribution in [0.4, 0.5) is 17.1 Å². The molecule has 0 unspecified atom stereocenters. The lowest BCUT2D eigenvalue weighted by atomic mass is 10.1. The number of hydrogen-bond donors (Lipinski definition) is 2. The topological polar surface area (TPSA) is 137 Å². The van der Waals surface area contributed by atoms with E-state index in [0.29, 0.717) is 22.7 Å². The summed E-state index contributed by atoms with van der Waals surface area (Å²) < 4.78 is 10.1. The molecule has 0 bridgehead atoms. The van der Waals surface area contributed by atoms with Crippen molar-refractivity contribution < 1.29 is 28.8 Å². The summed E-state index contributed by atoms with van der Waals surface area (Å²) in [5.74, 6) is -1.20. The minimum atomic E-state index is -0.771. The van der Waals surface area contributed by atoms with Gasteiger partial charge in [-0.2, -0.15) is 0 Å². The molecular formula is C24H21N3O7. The Balaban J connectivity index is 1.50. The number of anilines is 2. The zero-order chi connectivity index (χ0) is 24.5. The Morgan fingerprint density at radius 3 is 2.29 bits per heavy atom. The molecule has 34 heavy (non-hydrogen) atoms. The molecule has 0 aromatic heterocycles. The Morgan fingerprint density at radius 1 is 0.912 bits per heavy atom. The number of nitro groups is 1. The van der Waals surface area contributed by atoms with Gasteiger partial charge in [0.05, 0.1) is 24.1 Å². The standard InChI is InChI=1S/C24H21N3O7/c1-33-21-9-5-3-7-19(21)26-24(30)16-10-12-18(13-11-16)25-22(28)15-34-23(29)14-17-6-2-4-8-20(17)27(31)32/h2-13H,14-15H2,1H3,(H,25,28)(H,26,30). The van der Waals surface area contributed by atoms with Crippen molar-refractivity contribution in [3.05, 3.63) is 94.0 Å². The van der Waals surface area contributed by atoms with Crippen LogP contribution in [-0.2, 0) is 20.7 Å². The second-order valence-electron chi connectivity index (χ2n) is 7.00. The Labute approximate surface area is 194 Å². The maximum atomic E-state index is 12.5. The third-order valence-electron chi connectivity index (χ3n) is 4.67. The first-order valence-electron chi connectivity index (χ1n) is 10.1. The van der Waals surface area contributed by atoms with Gasteiger partial charge in [-0.3, -0.25) is 24.5 Å². The molecule has 0 saturated carbocycles. The largest absolute Gasteiger partial charge is 0.495 e. The van der Waals surface area contributed by atoms with E-state index in [9.17, 15) is 24.5 Å². The SMILES string of the molecule is COc1ccccc1NC(=O)c1ccc(NC(=O)COC(=O)Cc2ccccc2[N+](=O)[O-])cc1. The van der Waals surface area contributed by atoms with E-state index in [4.69, 9.17) is 9.47 Å². The van der Waals surface area contributed by atoms with Gasteiger partial charge >= 0.3 is 5.97 Å².